The molecule has 140 valence electrons. The van der Waals surface area contributed by atoms with Crippen LogP contribution < -0.4 is 5.56 Å². The summed E-state index contributed by atoms with van der Waals surface area (Å²) in [5.41, 5.74) is 1.17. The lowest BCUT2D eigenvalue weighted by molar-refractivity contribution is 0.685. The first-order valence-electron chi connectivity index (χ1n) is 8.35. The molecule has 0 aliphatic carbocycles. The van der Waals surface area contributed by atoms with Crippen LogP contribution in [0.2, 0.25) is 10.0 Å². The third kappa shape index (κ3) is 4.29. The predicted molar refractivity (Wildman–Crippen MR) is 112 cm³/mol. The van der Waals surface area contributed by atoms with E-state index in [1.165, 1.54) is 11.8 Å². The Morgan fingerprint density at radius 1 is 1.26 bits per heavy atom. The maximum atomic E-state index is 13.0. The van der Waals surface area contributed by atoms with E-state index < -0.39 is 0 Å². The molecule has 0 unspecified atom stereocenters. The molecule has 0 amide bonds. The van der Waals surface area contributed by atoms with Crippen LogP contribution in [0.1, 0.15) is 12.5 Å². The van der Waals surface area contributed by atoms with Gasteiger partial charge in [-0.1, -0.05) is 47.1 Å². The second-order valence-corrected chi connectivity index (χ2v) is 7.57. The summed E-state index contributed by atoms with van der Waals surface area (Å²) in [6, 6.07) is 8.84. The first kappa shape index (κ1) is 19.7. The summed E-state index contributed by atoms with van der Waals surface area (Å²) in [6.07, 6.45) is 3.54. The highest BCUT2D eigenvalue weighted by atomic mass is 35.5. The van der Waals surface area contributed by atoms with Crippen molar-refractivity contribution >= 4 is 35.0 Å². The molecule has 0 bridgehead atoms. The smallest absolute Gasteiger partial charge is 0.261 e. The van der Waals surface area contributed by atoms with E-state index in [4.69, 9.17) is 23.2 Å². The molecule has 0 saturated carbocycles. The lowest BCUT2D eigenvalue weighted by Crippen LogP contribution is -2.22. The lowest BCUT2D eigenvalue weighted by Gasteiger charge is -2.11. The van der Waals surface area contributed by atoms with Gasteiger partial charge in [0.15, 0.2) is 11.0 Å². The maximum absolute atomic E-state index is 13.0. The van der Waals surface area contributed by atoms with Crippen molar-refractivity contribution in [3.63, 3.8) is 0 Å². The summed E-state index contributed by atoms with van der Waals surface area (Å²) >= 11 is 13.7. The van der Waals surface area contributed by atoms with E-state index in [0.29, 0.717) is 34.5 Å². The van der Waals surface area contributed by atoms with Crippen LogP contribution in [0.15, 0.2) is 59.1 Å². The van der Waals surface area contributed by atoms with E-state index in [1.807, 2.05) is 29.7 Å². The molecule has 5 nitrogen and oxygen atoms in total. The average molecular weight is 421 g/mol. The first-order chi connectivity index (χ1) is 13.0. The second kappa shape index (κ2) is 8.78. The van der Waals surface area contributed by atoms with Gasteiger partial charge < -0.3 is 9.13 Å². The van der Waals surface area contributed by atoms with E-state index in [0.717, 1.165) is 16.5 Å². The Kier molecular flexibility index (Phi) is 6.42. The number of nitrogens with zero attached hydrogens (tertiary/aromatic N) is 4. The molecule has 1 aromatic carbocycles. The van der Waals surface area contributed by atoms with Crippen LogP contribution in [0.25, 0.3) is 11.4 Å². The highest BCUT2D eigenvalue weighted by Gasteiger charge is 2.17. The molecular weight excluding hydrogens is 403 g/mol. The van der Waals surface area contributed by atoms with Crippen molar-refractivity contribution in [2.75, 3.05) is 5.75 Å². The Hall–Kier alpha value is -2.02. The fourth-order valence-corrected chi connectivity index (χ4v) is 3.88. The third-order valence-corrected chi connectivity index (χ3v) is 5.53. The van der Waals surface area contributed by atoms with Gasteiger partial charge in [-0.05, 0) is 36.8 Å². The van der Waals surface area contributed by atoms with E-state index >= 15 is 0 Å². The molecule has 2 aromatic heterocycles. The minimum atomic E-state index is -0.147. The molecule has 0 fully saturated rings. The fraction of sp³-hybridized carbons (Fsp3) is 0.211. The van der Waals surface area contributed by atoms with Crippen LogP contribution in [0.3, 0.4) is 0 Å². The van der Waals surface area contributed by atoms with Crippen LogP contribution in [0.5, 0.6) is 0 Å². The van der Waals surface area contributed by atoms with Crippen molar-refractivity contribution in [3.05, 3.63) is 75.1 Å². The van der Waals surface area contributed by atoms with E-state index in [2.05, 4.69) is 16.8 Å². The highest BCUT2D eigenvalue weighted by molar-refractivity contribution is 7.99. The highest BCUT2D eigenvalue weighted by Crippen LogP contribution is 2.23. The standard InChI is InChI=1S/C19H18Cl2N4OS/c1-3-10-27-19-23-22-17(25(19)4-2)15-6-5-9-24(18(15)26)12-13-7-8-14(20)11-16(13)21/h3,5-9,11H,1,4,10,12H2,2H3. The zero-order valence-electron chi connectivity index (χ0n) is 14.7. The molecule has 2 heterocycles. The zero-order chi connectivity index (χ0) is 19.4. The zero-order valence-corrected chi connectivity index (χ0v) is 17.1. The fourth-order valence-electron chi connectivity index (χ4n) is 2.68. The van der Waals surface area contributed by atoms with Gasteiger partial charge in [-0.25, -0.2) is 0 Å². The van der Waals surface area contributed by atoms with Crippen LogP contribution in [0, 0.1) is 0 Å². The van der Waals surface area contributed by atoms with Gasteiger partial charge in [0.05, 0.1) is 12.1 Å². The Balaban J connectivity index is 1.99. The molecule has 3 aromatic rings. The number of halogens is 2. The van der Waals surface area contributed by atoms with Crippen molar-refractivity contribution in [3.8, 4) is 11.4 Å². The molecule has 0 N–H and O–H groups in total. The Morgan fingerprint density at radius 2 is 2.07 bits per heavy atom. The largest absolute Gasteiger partial charge is 0.310 e. The summed E-state index contributed by atoms with van der Waals surface area (Å²) in [7, 11) is 0. The summed E-state index contributed by atoms with van der Waals surface area (Å²) in [5, 5.41) is 10.3. The van der Waals surface area contributed by atoms with E-state index in [9.17, 15) is 4.79 Å². The van der Waals surface area contributed by atoms with Gasteiger partial charge in [0, 0.05) is 28.5 Å². The Bertz CT molecular complexity index is 1030. The number of aromatic nitrogens is 4. The molecule has 8 heteroatoms. The van der Waals surface area contributed by atoms with Crippen LogP contribution >= 0.6 is 35.0 Å². The molecule has 0 saturated heterocycles. The lowest BCUT2D eigenvalue weighted by atomic mass is 10.2. The number of hydrogen-bond acceptors (Lipinski definition) is 4. The number of thioether (sulfide) groups is 1. The predicted octanol–water partition coefficient (Wildman–Crippen LogP) is 4.76. The quantitative estimate of drug-likeness (QED) is 0.408. The number of benzene rings is 1. The third-order valence-electron chi connectivity index (χ3n) is 3.98. The van der Waals surface area contributed by atoms with E-state index in [1.54, 1.807) is 29.0 Å². The normalized spacial score (nSPS) is 10.9. The van der Waals surface area contributed by atoms with Gasteiger partial charge >= 0.3 is 0 Å². The molecule has 0 radical (unpaired) electrons. The van der Waals surface area contributed by atoms with Gasteiger partial charge in [-0.15, -0.1) is 16.8 Å². The van der Waals surface area contributed by atoms with Crippen molar-refractivity contribution in [2.45, 2.75) is 25.2 Å². The van der Waals surface area contributed by atoms with Crippen LogP contribution in [-0.4, -0.2) is 25.1 Å². The van der Waals surface area contributed by atoms with E-state index in [-0.39, 0.29) is 5.56 Å². The average Bonchev–Trinajstić information content (AvgIpc) is 3.06. The molecule has 0 aliphatic rings. The number of rotatable bonds is 7. The van der Waals surface area contributed by atoms with Crippen LogP contribution in [0.4, 0.5) is 0 Å². The summed E-state index contributed by atoms with van der Waals surface area (Å²) in [4.78, 5) is 13.0. The van der Waals surface area contributed by atoms with Crippen molar-refractivity contribution in [2.24, 2.45) is 0 Å². The second-order valence-electron chi connectivity index (χ2n) is 5.74. The Labute approximate surface area is 171 Å². The summed E-state index contributed by atoms with van der Waals surface area (Å²) in [6.45, 7) is 6.74. The summed E-state index contributed by atoms with van der Waals surface area (Å²) in [5.74, 6) is 1.29. The van der Waals surface area contributed by atoms with Gasteiger partial charge in [0.1, 0.15) is 0 Å². The number of pyridine rings is 1. The molecular formula is C19H18Cl2N4OS. The summed E-state index contributed by atoms with van der Waals surface area (Å²) < 4.78 is 3.54. The molecule has 3 rings (SSSR count). The molecule has 0 aliphatic heterocycles. The van der Waals surface area contributed by atoms with Gasteiger partial charge in [0.25, 0.3) is 5.56 Å². The Morgan fingerprint density at radius 3 is 2.78 bits per heavy atom. The van der Waals surface area contributed by atoms with Gasteiger partial charge in [0.2, 0.25) is 0 Å². The van der Waals surface area contributed by atoms with Crippen molar-refractivity contribution in [1.29, 1.82) is 0 Å². The van der Waals surface area contributed by atoms with Gasteiger partial charge in [-0.2, -0.15) is 0 Å². The maximum Gasteiger partial charge on any atom is 0.261 e. The molecule has 0 atom stereocenters. The molecule has 0 spiro atoms. The molecule has 27 heavy (non-hydrogen) atoms. The first-order valence-corrected chi connectivity index (χ1v) is 10.1. The number of hydrogen-bond donors (Lipinski definition) is 0. The topological polar surface area (TPSA) is 52.7 Å². The van der Waals surface area contributed by atoms with Gasteiger partial charge in [-0.3, -0.25) is 4.79 Å². The van der Waals surface area contributed by atoms with Crippen molar-refractivity contribution in [1.82, 2.24) is 19.3 Å². The van der Waals surface area contributed by atoms with Crippen LogP contribution in [-0.2, 0) is 13.1 Å². The minimum Gasteiger partial charge on any atom is -0.310 e. The SMILES string of the molecule is C=CCSc1nnc(-c2cccn(Cc3ccc(Cl)cc3Cl)c2=O)n1CC. The minimum absolute atomic E-state index is 0.147. The van der Waals surface area contributed by atoms with Crippen molar-refractivity contribution < 1.29 is 0 Å². The monoisotopic (exact) mass is 420 g/mol.